The fourth-order valence-corrected chi connectivity index (χ4v) is 0.716. The third kappa shape index (κ3) is 1.50. The molecule has 0 spiro atoms. The summed E-state index contributed by atoms with van der Waals surface area (Å²) in [7, 11) is 0. The summed E-state index contributed by atoms with van der Waals surface area (Å²) in [5.74, 6) is 0. The molecule has 0 atom stereocenters. The van der Waals surface area contributed by atoms with Crippen molar-refractivity contribution in [2.75, 3.05) is 19.6 Å². The van der Waals surface area contributed by atoms with Gasteiger partial charge in [0.05, 0.1) is 6.54 Å². The van der Waals surface area contributed by atoms with Crippen LogP contribution in [0.5, 0.6) is 0 Å². The molecule has 0 unspecified atom stereocenters. The zero-order valence-electron chi connectivity index (χ0n) is 4.76. The third-order valence-corrected chi connectivity index (χ3v) is 1.16. The van der Waals surface area contributed by atoms with Gasteiger partial charge in [-0.2, -0.15) is 0 Å². The minimum atomic E-state index is 0.597. The van der Waals surface area contributed by atoms with Crippen LogP contribution in [-0.2, 0) is 0 Å². The highest BCUT2D eigenvalue weighted by atomic mass is 16.5. The van der Waals surface area contributed by atoms with E-state index in [0.29, 0.717) is 6.54 Å². The molecule has 0 aliphatic carbocycles. The molecule has 8 heavy (non-hydrogen) atoms. The zero-order valence-corrected chi connectivity index (χ0v) is 4.76. The van der Waals surface area contributed by atoms with Gasteiger partial charge in [-0.3, -0.25) is 0 Å². The van der Waals surface area contributed by atoms with Gasteiger partial charge >= 0.3 is 0 Å². The van der Waals surface area contributed by atoms with Crippen molar-refractivity contribution in [2.24, 2.45) is 0 Å². The Balaban J connectivity index is 2.36. The average molecular weight is 114 g/mol. The highest BCUT2D eigenvalue weighted by Gasteiger charge is 1.97. The third-order valence-electron chi connectivity index (χ3n) is 1.16. The van der Waals surface area contributed by atoms with Crippen LogP contribution in [0.15, 0.2) is 0 Å². The molecule has 3 nitrogen and oxygen atoms in total. The standard InChI is InChI=1S/C5H10N2O/c8-7-4-1-2-6-3-5-7/h4,6H,1-3,5H2. The number of nitrogens with zero attached hydrogens (tertiary/aromatic N) is 1. The lowest BCUT2D eigenvalue weighted by atomic mass is 10.5. The molecule has 0 saturated carbocycles. The summed E-state index contributed by atoms with van der Waals surface area (Å²) in [6.45, 7) is 2.36. The Hall–Kier alpha value is -0.570. The normalized spacial score (nSPS) is 21.8. The van der Waals surface area contributed by atoms with Crippen LogP contribution >= 0.6 is 0 Å². The minimum Gasteiger partial charge on any atom is -0.624 e. The molecule has 0 aromatic carbocycles. The first-order valence-electron chi connectivity index (χ1n) is 2.87. The Morgan fingerprint density at radius 2 is 2.38 bits per heavy atom. The molecule has 0 amide bonds. The summed E-state index contributed by atoms with van der Waals surface area (Å²) in [6.07, 6.45) is 2.55. The molecule has 0 saturated heterocycles. The Bertz CT molecular complexity index is 101. The smallest absolute Gasteiger partial charge is 0.165 e. The number of rotatable bonds is 0. The van der Waals surface area contributed by atoms with Crippen molar-refractivity contribution in [3.05, 3.63) is 5.21 Å². The van der Waals surface area contributed by atoms with Crippen molar-refractivity contribution in [1.29, 1.82) is 0 Å². The van der Waals surface area contributed by atoms with E-state index in [0.717, 1.165) is 24.2 Å². The Morgan fingerprint density at radius 1 is 1.50 bits per heavy atom. The molecule has 0 aromatic rings. The van der Waals surface area contributed by atoms with Crippen molar-refractivity contribution in [3.63, 3.8) is 0 Å². The Morgan fingerprint density at radius 3 is 3.25 bits per heavy atom. The van der Waals surface area contributed by atoms with Gasteiger partial charge in [-0.05, 0) is 0 Å². The lowest BCUT2D eigenvalue weighted by Crippen LogP contribution is -2.19. The van der Waals surface area contributed by atoms with Gasteiger partial charge in [0, 0.05) is 13.0 Å². The number of nitrogens with one attached hydrogen (secondary N) is 1. The number of hydroxylamine groups is 1. The van der Waals surface area contributed by atoms with Gasteiger partial charge in [-0.25, -0.2) is 4.74 Å². The molecule has 0 radical (unpaired) electrons. The SMILES string of the molecule is [O-][N+]1=CCCNCC1. The van der Waals surface area contributed by atoms with Gasteiger partial charge in [0.1, 0.15) is 0 Å². The van der Waals surface area contributed by atoms with Crippen LogP contribution in [-0.4, -0.2) is 30.6 Å². The van der Waals surface area contributed by atoms with Gasteiger partial charge in [-0.1, -0.05) is 0 Å². The summed E-state index contributed by atoms with van der Waals surface area (Å²) in [4.78, 5) is 0. The first-order chi connectivity index (χ1) is 3.89. The van der Waals surface area contributed by atoms with Crippen molar-refractivity contribution in [1.82, 2.24) is 5.32 Å². The molecule has 0 bridgehead atoms. The maximum atomic E-state index is 10.5. The average Bonchev–Trinajstić information content (AvgIpc) is 1.94. The summed E-state index contributed by atoms with van der Waals surface area (Å²) in [5, 5.41) is 13.6. The molecule has 0 fully saturated rings. The van der Waals surface area contributed by atoms with Crippen molar-refractivity contribution < 1.29 is 4.74 Å². The van der Waals surface area contributed by atoms with Crippen LogP contribution in [0.25, 0.3) is 0 Å². The molecule has 0 aromatic heterocycles. The van der Waals surface area contributed by atoms with E-state index in [4.69, 9.17) is 0 Å². The first-order valence-corrected chi connectivity index (χ1v) is 2.87. The van der Waals surface area contributed by atoms with Gasteiger partial charge in [0.25, 0.3) is 0 Å². The van der Waals surface area contributed by atoms with Gasteiger partial charge < -0.3 is 10.5 Å². The molecule has 46 valence electrons. The summed E-state index contributed by atoms with van der Waals surface area (Å²) >= 11 is 0. The Kier molecular flexibility index (Phi) is 1.86. The van der Waals surface area contributed by atoms with E-state index in [1.807, 2.05) is 0 Å². The molecular weight excluding hydrogens is 104 g/mol. The topological polar surface area (TPSA) is 38.1 Å². The minimum absolute atomic E-state index is 0.597. The molecule has 1 aliphatic rings. The van der Waals surface area contributed by atoms with E-state index < -0.39 is 0 Å². The predicted octanol–water partition coefficient (Wildman–Crippen LogP) is -0.439. The number of hydrogen-bond donors (Lipinski definition) is 1. The zero-order chi connectivity index (χ0) is 5.82. The fourth-order valence-electron chi connectivity index (χ4n) is 0.716. The predicted molar refractivity (Wildman–Crippen MR) is 32.0 cm³/mol. The van der Waals surface area contributed by atoms with Crippen LogP contribution in [0.2, 0.25) is 0 Å². The molecule has 1 N–H and O–H groups in total. The molecule has 1 aliphatic heterocycles. The molecular formula is C5H10N2O. The van der Waals surface area contributed by atoms with Crippen LogP contribution in [0.1, 0.15) is 6.42 Å². The second-order valence-electron chi connectivity index (χ2n) is 1.86. The highest BCUT2D eigenvalue weighted by molar-refractivity contribution is 5.51. The largest absolute Gasteiger partial charge is 0.624 e. The fraction of sp³-hybridized carbons (Fsp3) is 0.800. The summed E-state index contributed by atoms with van der Waals surface area (Å²) in [6, 6.07) is 0. The van der Waals surface area contributed by atoms with E-state index in [2.05, 4.69) is 5.32 Å². The first kappa shape index (κ1) is 5.56. The van der Waals surface area contributed by atoms with Crippen LogP contribution < -0.4 is 5.32 Å². The van der Waals surface area contributed by atoms with Gasteiger partial charge in [0.2, 0.25) is 0 Å². The maximum Gasteiger partial charge on any atom is 0.165 e. The van der Waals surface area contributed by atoms with E-state index >= 15 is 0 Å². The van der Waals surface area contributed by atoms with Gasteiger partial charge in [0.15, 0.2) is 12.8 Å². The second kappa shape index (κ2) is 2.67. The monoisotopic (exact) mass is 114 g/mol. The summed E-state index contributed by atoms with van der Waals surface area (Å²) < 4.78 is 0.986. The van der Waals surface area contributed by atoms with E-state index in [9.17, 15) is 5.21 Å². The lowest BCUT2D eigenvalue weighted by molar-refractivity contribution is -0.450. The van der Waals surface area contributed by atoms with E-state index in [1.165, 1.54) is 0 Å². The van der Waals surface area contributed by atoms with Gasteiger partial charge in [-0.15, -0.1) is 0 Å². The highest BCUT2D eigenvalue weighted by Crippen LogP contribution is 1.78. The van der Waals surface area contributed by atoms with E-state index in [1.54, 1.807) is 6.21 Å². The van der Waals surface area contributed by atoms with Crippen molar-refractivity contribution >= 4 is 6.21 Å². The van der Waals surface area contributed by atoms with Crippen molar-refractivity contribution in [3.8, 4) is 0 Å². The van der Waals surface area contributed by atoms with Crippen LogP contribution in [0.3, 0.4) is 0 Å². The quantitative estimate of drug-likeness (QED) is 0.342. The maximum absolute atomic E-state index is 10.5. The molecule has 1 rings (SSSR count). The van der Waals surface area contributed by atoms with E-state index in [-0.39, 0.29) is 0 Å². The Labute approximate surface area is 48.6 Å². The lowest BCUT2D eigenvalue weighted by Gasteiger charge is -1.97. The van der Waals surface area contributed by atoms with Crippen molar-refractivity contribution in [2.45, 2.75) is 6.42 Å². The van der Waals surface area contributed by atoms with Crippen LogP contribution in [0, 0.1) is 5.21 Å². The second-order valence-corrected chi connectivity index (χ2v) is 1.86. The number of hydrogen-bond acceptors (Lipinski definition) is 2. The summed E-state index contributed by atoms with van der Waals surface area (Å²) in [5.41, 5.74) is 0. The molecule has 3 heteroatoms. The van der Waals surface area contributed by atoms with Crippen LogP contribution in [0.4, 0.5) is 0 Å². The molecule has 1 heterocycles.